The minimum Gasteiger partial charge on any atom is -0.424 e. The van der Waals surface area contributed by atoms with Crippen LogP contribution in [0, 0.1) is 0 Å². The van der Waals surface area contributed by atoms with Crippen LogP contribution in [-0.2, 0) is 6.42 Å². The van der Waals surface area contributed by atoms with Gasteiger partial charge < -0.3 is 15.4 Å². The highest BCUT2D eigenvalue weighted by Gasteiger charge is 2.03. The zero-order valence-electron chi connectivity index (χ0n) is 11.2. The van der Waals surface area contributed by atoms with Crippen LogP contribution in [0.1, 0.15) is 5.56 Å². The molecule has 0 amide bonds. The van der Waals surface area contributed by atoms with Gasteiger partial charge in [-0.1, -0.05) is 6.07 Å². The predicted molar refractivity (Wildman–Crippen MR) is 75.6 cm³/mol. The Morgan fingerprint density at radius 3 is 2.58 bits per heavy atom. The summed E-state index contributed by atoms with van der Waals surface area (Å²) >= 11 is 0. The first-order valence-corrected chi connectivity index (χ1v) is 6.15. The van der Waals surface area contributed by atoms with Crippen LogP contribution in [0.2, 0.25) is 0 Å². The molecular formula is C14H18N4O. The predicted octanol–water partition coefficient (Wildman–Crippen LogP) is 1.84. The van der Waals surface area contributed by atoms with Gasteiger partial charge in [0.25, 0.3) is 0 Å². The number of aromatic nitrogens is 2. The Balaban J connectivity index is 2.10. The van der Waals surface area contributed by atoms with E-state index in [9.17, 15) is 0 Å². The Bertz CT molecular complexity index is 525. The highest BCUT2D eigenvalue weighted by atomic mass is 16.5. The summed E-state index contributed by atoms with van der Waals surface area (Å²) in [5.74, 6) is 0.720. The third-order valence-electron chi connectivity index (χ3n) is 2.66. The lowest BCUT2D eigenvalue weighted by atomic mass is 10.2. The Morgan fingerprint density at radius 1 is 1.21 bits per heavy atom. The van der Waals surface area contributed by atoms with Gasteiger partial charge in [-0.2, -0.15) is 0 Å². The number of nitrogens with zero attached hydrogens (tertiary/aromatic N) is 3. The molecule has 0 fully saturated rings. The maximum absolute atomic E-state index is 5.62. The lowest BCUT2D eigenvalue weighted by molar-refractivity contribution is 0.441. The molecule has 0 aliphatic heterocycles. The Morgan fingerprint density at radius 2 is 1.95 bits per heavy atom. The van der Waals surface area contributed by atoms with Gasteiger partial charge in [0.15, 0.2) is 0 Å². The second-order valence-corrected chi connectivity index (χ2v) is 4.41. The average molecular weight is 258 g/mol. The first kappa shape index (κ1) is 13.3. The fraction of sp³-hybridized carbons (Fsp3) is 0.286. The minimum atomic E-state index is 0.344. The summed E-state index contributed by atoms with van der Waals surface area (Å²) in [6, 6.07) is 8.11. The molecule has 0 atom stereocenters. The molecule has 0 saturated heterocycles. The van der Waals surface area contributed by atoms with Gasteiger partial charge >= 0.3 is 6.01 Å². The van der Waals surface area contributed by atoms with E-state index in [2.05, 4.69) is 9.97 Å². The summed E-state index contributed by atoms with van der Waals surface area (Å²) in [6.07, 6.45) is 4.26. The van der Waals surface area contributed by atoms with E-state index in [0.29, 0.717) is 12.6 Å². The van der Waals surface area contributed by atoms with E-state index in [1.807, 2.05) is 43.3 Å². The topological polar surface area (TPSA) is 64.3 Å². The van der Waals surface area contributed by atoms with Crippen molar-refractivity contribution in [3.63, 3.8) is 0 Å². The number of rotatable bonds is 5. The number of anilines is 1. The van der Waals surface area contributed by atoms with Gasteiger partial charge in [0.1, 0.15) is 5.75 Å². The molecular weight excluding hydrogens is 240 g/mol. The molecule has 1 aromatic carbocycles. The van der Waals surface area contributed by atoms with Gasteiger partial charge in [-0.25, -0.2) is 9.97 Å². The van der Waals surface area contributed by atoms with Crippen molar-refractivity contribution in [3.8, 4) is 11.8 Å². The first-order chi connectivity index (χ1) is 9.19. The van der Waals surface area contributed by atoms with Crippen LogP contribution in [-0.4, -0.2) is 30.6 Å². The summed E-state index contributed by atoms with van der Waals surface area (Å²) in [5.41, 5.74) is 7.55. The molecule has 2 rings (SSSR count). The third-order valence-corrected chi connectivity index (χ3v) is 2.66. The molecule has 19 heavy (non-hydrogen) atoms. The summed E-state index contributed by atoms with van der Waals surface area (Å²) in [5, 5.41) is 0. The van der Waals surface area contributed by atoms with Crippen LogP contribution in [0.15, 0.2) is 36.7 Å². The fourth-order valence-corrected chi connectivity index (χ4v) is 1.62. The maximum atomic E-state index is 5.62. The molecule has 0 radical (unpaired) electrons. The van der Waals surface area contributed by atoms with Gasteiger partial charge in [0.2, 0.25) is 0 Å². The number of hydrogen-bond donors (Lipinski definition) is 1. The smallest absolute Gasteiger partial charge is 0.321 e. The maximum Gasteiger partial charge on any atom is 0.321 e. The van der Waals surface area contributed by atoms with Crippen LogP contribution < -0.4 is 15.4 Å². The molecule has 0 saturated carbocycles. The highest BCUT2D eigenvalue weighted by molar-refractivity contribution is 5.49. The van der Waals surface area contributed by atoms with Crippen molar-refractivity contribution in [1.82, 2.24) is 9.97 Å². The molecule has 0 spiro atoms. The lowest BCUT2D eigenvalue weighted by Crippen LogP contribution is -2.08. The van der Waals surface area contributed by atoms with E-state index >= 15 is 0 Å². The molecule has 0 aliphatic rings. The van der Waals surface area contributed by atoms with Crippen LogP contribution >= 0.6 is 0 Å². The summed E-state index contributed by atoms with van der Waals surface area (Å²) in [4.78, 5) is 10.3. The molecule has 0 bridgehead atoms. The molecule has 2 N–H and O–H groups in total. The number of ether oxygens (including phenoxy) is 1. The highest BCUT2D eigenvalue weighted by Crippen LogP contribution is 2.22. The summed E-state index contributed by atoms with van der Waals surface area (Å²) in [7, 11) is 3.97. The Hall–Kier alpha value is -2.14. The van der Waals surface area contributed by atoms with Crippen LogP contribution in [0.5, 0.6) is 11.8 Å². The molecule has 100 valence electrons. The molecule has 5 nitrogen and oxygen atoms in total. The van der Waals surface area contributed by atoms with E-state index in [0.717, 1.165) is 23.4 Å². The Kier molecular flexibility index (Phi) is 4.30. The SMILES string of the molecule is CN(C)c1cccc(Oc2ncc(CCN)cn2)c1. The van der Waals surface area contributed by atoms with E-state index in [-0.39, 0.29) is 0 Å². The van der Waals surface area contributed by atoms with Crippen molar-refractivity contribution in [3.05, 3.63) is 42.2 Å². The minimum absolute atomic E-state index is 0.344. The van der Waals surface area contributed by atoms with Crippen LogP contribution in [0.4, 0.5) is 5.69 Å². The third kappa shape index (κ3) is 3.66. The van der Waals surface area contributed by atoms with E-state index in [1.54, 1.807) is 12.4 Å². The summed E-state index contributed by atoms with van der Waals surface area (Å²) in [6.45, 7) is 0.592. The monoisotopic (exact) mass is 258 g/mol. The number of benzene rings is 1. The largest absolute Gasteiger partial charge is 0.424 e. The standard InChI is InChI=1S/C14H18N4O/c1-18(2)12-4-3-5-13(8-12)19-14-16-9-11(6-7-15)10-17-14/h3-5,8-10H,6-7,15H2,1-2H3. The quantitative estimate of drug-likeness (QED) is 0.886. The van der Waals surface area contributed by atoms with Gasteiger partial charge in [-0.05, 0) is 30.7 Å². The zero-order chi connectivity index (χ0) is 13.7. The fourth-order valence-electron chi connectivity index (χ4n) is 1.62. The summed E-state index contributed by atoms with van der Waals surface area (Å²) < 4.78 is 5.62. The number of hydrogen-bond acceptors (Lipinski definition) is 5. The van der Waals surface area contributed by atoms with Gasteiger partial charge in [-0.15, -0.1) is 0 Å². The van der Waals surface area contributed by atoms with Crippen LogP contribution in [0.25, 0.3) is 0 Å². The van der Waals surface area contributed by atoms with Crippen LogP contribution in [0.3, 0.4) is 0 Å². The molecule has 5 heteroatoms. The molecule has 2 aromatic rings. The molecule has 1 aromatic heterocycles. The van der Waals surface area contributed by atoms with Crippen molar-refractivity contribution >= 4 is 5.69 Å². The van der Waals surface area contributed by atoms with E-state index < -0.39 is 0 Å². The van der Waals surface area contributed by atoms with Gasteiger partial charge in [-0.3, -0.25) is 0 Å². The van der Waals surface area contributed by atoms with Crippen molar-refractivity contribution in [2.24, 2.45) is 5.73 Å². The van der Waals surface area contributed by atoms with Crippen molar-refractivity contribution in [2.45, 2.75) is 6.42 Å². The molecule has 0 aliphatic carbocycles. The van der Waals surface area contributed by atoms with Gasteiger partial charge in [0, 0.05) is 38.2 Å². The molecule has 0 unspecified atom stereocenters. The zero-order valence-corrected chi connectivity index (χ0v) is 11.2. The van der Waals surface area contributed by atoms with E-state index in [4.69, 9.17) is 10.5 Å². The second-order valence-electron chi connectivity index (χ2n) is 4.41. The number of nitrogens with two attached hydrogens (primary N) is 1. The normalized spacial score (nSPS) is 10.3. The first-order valence-electron chi connectivity index (χ1n) is 6.15. The molecule has 1 heterocycles. The second kappa shape index (κ2) is 6.15. The van der Waals surface area contributed by atoms with Crippen molar-refractivity contribution < 1.29 is 4.74 Å². The van der Waals surface area contributed by atoms with E-state index in [1.165, 1.54) is 0 Å². The lowest BCUT2D eigenvalue weighted by Gasteiger charge is -2.13. The van der Waals surface area contributed by atoms with Crippen molar-refractivity contribution in [2.75, 3.05) is 25.5 Å². The average Bonchev–Trinajstić information content (AvgIpc) is 2.42. The Labute approximate surface area is 113 Å². The van der Waals surface area contributed by atoms with Gasteiger partial charge in [0.05, 0.1) is 0 Å². The van der Waals surface area contributed by atoms with Crippen molar-refractivity contribution in [1.29, 1.82) is 0 Å².